The van der Waals surface area contributed by atoms with Crippen LogP contribution in [0.3, 0.4) is 0 Å². The first-order valence-corrected chi connectivity index (χ1v) is 28.6. The molecule has 4 heterocycles. The van der Waals surface area contributed by atoms with Gasteiger partial charge in [-0.2, -0.15) is 0 Å². The van der Waals surface area contributed by atoms with Crippen molar-refractivity contribution in [3.05, 3.63) is 59.2 Å². The van der Waals surface area contributed by atoms with Gasteiger partial charge in [-0.05, 0) is 75.6 Å². The Hall–Kier alpha value is 0.179. The first kappa shape index (κ1) is 49.2. The van der Waals surface area contributed by atoms with Crippen LogP contribution >= 0.6 is 40.4 Å². The summed E-state index contributed by atoms with van der Waals surface area (Å²) >= 11 is 0.0139. The van der Waals surface area contributed by atoms with Crippen LogP contribution in [0.1, 0.15) is 126 Å². The number of nitrogens with zero attached hydrogens (tertiary/aromatic N) is 2. The van der Waals surface area contributed by atoms with E-state index in [0.29, 0.717) is 48.3 Å². The van der Waals surface area contributed by atoms with Crippen molar-refractivity contribution < 1.29 is 26.3 Å². The summed E-state index contributed by atoms with van der Waals surface area (Å²) in [7, 11) is 19.2. The smallest absolute Gasteiger partial charge is 0.0545 e. The molecule has 0 aromatic carbocycles. The van der Waals surface area contributed by atoms with Crippen molar-refractivity contribution in [1.82, 2.24) is 52.5 Å². The van der Waals surface area contributed by atoms with E-state index in [4.69, 9.17) is 50.4 Å². The van der Waals surface area contributed by atoms with Crippen molar-refractivity contribution in [1.29, 1.82) is 0 Å². The Labute approximate surface area is 379 Å². The van der Waals surface area contributed by atoms with E-state index in [2.05, 4.69) is 78.9 Å². The van der Waals surface area contributed by atoms with Gasteiger partial charge in [-0.25, -0.2) is 0 Å². The molecule has 8 atom stereocenters. The Morgan fingerprint density at radius 3 is 0.741 bits per heavy atom. The fraction of sp³-hybridized carbons (Fsp3) is 0.762. The molecule has 4 saturated carbocycles. The molecule has 10 nitrogen and oxygen atoms in total. The molecule has 4 bridgehead atoms. The molecular weight excluding hydrogens is 896 g/mol. The van der Waals surface area contributed by atoms with Crippen molar-refractivity contribution in [2.75, 3.05) is 26.2 Å². The number of nitrogens with one attached hydrogen (secondary N) is 8. The topological polar surface area (TPSA) is 122 Å². The largest absolute Gasteiger partial charge is 0.311 e. The van der Waals surface area contributed by atoms with Gasteiger partial charge in [0.1, 0.15) is 0 Å². The van der Waals surface area contributed by atoms with Crippen LogP contribution in [0.15, 0.2) is 36.4 Å². The fourth-order valence-electron chi connectivity index (χ4n) is 9.90. The Balaban J connectivity index is 0.000000195. The average Bonchev–Trinajstić information content (AvgIpc) is 3.26. The van der Waals surface area contributed by atoms with E-state index < -0.39 is 0 Å². The number of pyridine rings is 2. The first-order chi connectivity index (χ1) is 28.6. The van der Waals surface area contributed by atoms with Crippen molar-refractivity contribution >= 4 is 40.4 Å². The first-order valence-electron chi connectivity index (χ1n) is 22.1. The minimum atomic E-state index is 0.00694. The molecule has 4 aliphatic carbocycles. The second kappa shape index (κ2) is 29.5. The Morgan fingerprint density at radius 2 is 0.534 bits per heavy atom. The SMILES string of the molecule is [Cl][Mn][Cl].[Cl][Mn][Cl].c1cc2nc(c1)CN[C@@H]1CCCC[C@H]1NCCN[C@@H]1CCCC[C@H]1NC2.c1cc2nc(c1)CN[C@H]1CCCC[C@@H]1NCCN[C@H]1CCCC[C@@H]1NC2. The summed E-state index contributed by atoms with van der Waals surface area (Å²) in [4.78, 5) is 9.79. The zero-order valence-electron chi connectivity index (χ0n) is 34.2. The van der Waals surface area contributed by atoms with Crippen molar-refractivity contribution in [2.45, 2.75) is 177 Å². The molecule has 58 heavy (non-hydrogen) atoms. The van der Waals surface area contributed by atoms with E-state index in [1.54, 1.807) is 0 Å². The van der Waals surface area contributed by atoms with Crippen molar-refractivity contribution in [3.63, 3.8) is 0 Å². The number of hydrogen-bond acceptors (Lipinski definition) is 10. The molecule has 330 valence electrons. The third-order valence-electron chi connectivity index (χ3n) is 12.9. The van der Waals surface area contributed by atoms with Crippen molar-refractivity contribution in [3.8, 4) is 0 Å². The van der Waals surface area contributed by atoms with Crippen LogP contribution in [0.5, 0.6) is 0 Å². The second-order valence-electron chi connectivity index (χ2n) is 16.7. The van der Waals surface area contributed by atoms with Gasteiger partial charge in [0, 0.05) is 101 Å². The van der Waals surface area contributed by atoms with Crippen LogP contribution in [0.2, 0.25) is 0 Å². The minimum Gasteiger partial charge on any atom is -0.311 e. The summed E-state index contributed by atoms with van der Waals surface area (Å²) in [5, 5.41) is 30.4. The molecule has 16 heteroatoms. The molecule has 0 unspecified atom stereocenters. The summed E-state index contributed by atoms with van der Waals surface area (Å²) in [5.74, 6) is 0. The Kier molecular flexibility index (Phi) is 25.0. The van der Waals surface area contributed by atoms with Crippen LogP contribution in [0.25, 0.3) is 0 Å². The van der Waals surface area contributed by atoms with Crippen LogP contribution in [0.4, 0.5) is 0 Å². The van der Waals surface area contributed by atoms with Gasteiger partial charge in [-0.1, -0.05) is 63.5 Å². The van der Waals surface area contributed by atoms with E-state index in [1.165, 1.54) is 126 Å². The molecule has 0 saturated heterocycles. The molecule has 0 spiro atoms. The van der Waals surface area contributed by atoms with Gasteiger partial charge >= 0.3 is 66.7 Å². The Bertz CT molecular complexity index is 1200. The minimum absolute atomic E-state index is 0.00694. The molecule has 4 fully saturated rings. The number of fused-ring (bicyclic) bond motifs is 8. The molecule has 8 N–H and O–H groups in total. The number of aromatic nitrogens is 2. The monoisotopic (exact) mass is 964 g/mol. The summed E-state index contributed by atoms with van der Waals surface area (Å²) in [6.07, 6.45) is 21.0. The van der Waals surface area contributed by atoms with Gasteiger partial charge in [0.2, 0.25) is 0 Å². The maximum Gasteiger partial charge on any atom is 0.0545 e. The van der Waals surface area contributed by atoms with E-state index >= 15 is 0 Å². The molecule has 6 aliphatic rings. The zero-order valence-corrected chi connectivity index (χ0v) is 39.6. The summed E-state index contributed by atoms with van der Waals surface area (Å²) < 4.78 is 0. The summed E-state index contributed by atoms with van der Waals surface area (Å²) in [5.41, 5.74) is 4.67. The van der Waals surface area contributed by atoms with Crippen molar-refractivity contribution in [2.24, 2.45) is 0 Å². The van der Waals surface area contributed by atoms with Gasteiger partial charge in [0.25, 0.3) is 0 Å². The van der Waals surface area contributed by atoms with Gasteiger partial charge in [0.05, 0.1) is 22.8 Å². The van der Waals surface area contributed by atoms with Gasteiger partial charge in [-0.3, -0.25) is 9.97 Å². The summed E-state index contributed by atoms with van der Waals surface area (Å²) in [6, 6.07) is 17.6. The quantitative estimate of drug-likeness (QED) is 0.133. The van der Waals surface area contributed by atoms with Gasteiger partial charge in [-0.15, -0.1) is 0 Å². The number of rotatable bonds is 0. The average molecular weight is 967 g/mol. The fourth-order valence-corrected chi connectivity index (χ4v) is 9.90. The van der Waals surface area contributed by atoms with Crippen LogP contribution in [0, 0.1) is 0 Å². The third-order valence-corrected chi connectivity index (χ3v) is 12.9. The second-order valence-corrected chi connectivity index (χ2v) is 20.6. The number of halogens is 4. The molecule has 0 radical (unpaired) electrons. The van der Waals surface area contributed by atoms with E-state index in [9.17, 15) is 0 Å². The predicted molar refractivity (Wildman–Crippen MR) is 235 cm³/mol. The van der Waals surface area contributed by atoms with E-state index in [0.717, 1.165) is 52.4 Å². The molecule has 8 rings (SSSR count). The maximum absolute atomic E-state index is 4.89. The van der Waals surface area contributed by atoms with E-state index in [1.807, 2.05) is 0 Å². The zero-order chi connectivity index (χ0) is 40.6. The van der Waals surface area contributed by atoms with Crippen LogP contribution in [-0.4, -0.2) is 84.5 Å². The number of hydrogen-bond donors (Lipinski definition) is 8. The predicted octanol–water partition coefficient (Wildman–Crippen LogP) is 6.91. The molecule has 0 amide bonds. The molecule has 2 aromatic rings. The summed E-state index contributed by atoms with van der Waals surface area (Å²) in [6.45, 7) is 7.77. The van der Waals surface area contributed by atoms with Gasteiger partial charge in [0.15, 0.2) is 0 Å². The van der Waals surface area contributed by atoms with E-state index in [-0.39, 0.29) is 26.3 Å². The Morgan fingerprint density at radius 1 is 0.345 bits per heavy atom. The van der Waals surface area contributed by atoms with Crippen LogP contribution < -0.4 is 42.5 Å². The standard InChI is InChI=1S/2C21H35N5.4ClH.2Mn/c2*1-3-10-20-18(8-1)22-12-13-23-19-9-2-4-11-21(19)25-15-17-7-5-6-16(26-17)14-24-20;;;;;;/h2*5-7,18-25H,1-4,8-15H2;4*1H;;/q;;;;;;2*+2/p-4/t2*18-,19-,20-,21-;;;;;;/m10....../s1. The maximum atomic E-state index is 4.89. The molecular formula is C42H70Cl4Mn2N10. The third kappa shape index (κ3) is 17.7. The van der Waals surface area contributed by atoms with Crippen LogP contribution in [-0.2, 0) is 52.4 Å². The normalized spacial score (nSPS) is 31.1. The molecule has 2 aliphatic heterocycles. The van der Waals surface area contributed by atoms with Gasteiger partial charge < -0.3 is 42.5 Å². The molecule has 2 aromatic heterocycles.